The highest BCUT2D eigenvalue weighted by atomic mass is 16.5. The largest absolute Gasteiger partial charge is 0.381 e. The van der Waals surface area contributed by atoms with E-state index in [0.717, 1.165) is 25.6 Å². The van der Waals surface area contributed by atoms with Crippen molar-refractivity contribution >= 4 is 0 Å². The molecule has 2 unspecified atom stereocenters. The van der Waals surface area contributed by atoms with Crippen molar-refractivity contribution in [3.63, 3.8) is 0 Å². The fraction of sp³-hybridized carbons (Fsp3) is 1.00. The summed E-state index contributed by atoms with van der Waals surface area (Å²) < 4.78 is 5.57. The summed E-state index contributed by atoms with van der Waals surface area (Å²) in [6, 6.07) is 0.428. The summed E-state index contributed by atoms with van der Waals surface area (Å²) in [6.07, 6.45) is 7.48. The van der Waals surface area contributed by atoms with E-state index in [0.29, 0.717) is 6.04 Å². The molecule has 1 aliphatic carbocycles. The molecule has 13 heavy (non-hydrogen) atoms. The van der Waals surface area contributed by atoms with Crippen LogP contribution in [-0.2, 0) is 4.74 Å². The van der Waals surface area contributed by atoms with E-state index >= 15 is 0 Å². The summed E-state index contributed by atoms with van der Waals surface area (Å²) >= 11 is 0. The Labute approximate surface area is 81.8 Å². The highest BCUT2D eigenvalue weighted by Crippen LogP contribution is 2.22. The first-order valence-corrected chi connectivity index (χ1v) is 5.66. The molecule has 0 saturated heterocycles. The van der Waals surface area contributed by atoms with Gasteiger partial charge in [-0.25, -0.2) is 0 Å². The molecule has 0 aromatic carbocycles. The monoisotopic (exact) mass is 185 g/mol. The van der Waals surface area contributed by atoms with Crippen molar-refractivity contribution in [2.75, 3.05) is 13.2 Å². The molecule has 1 rings (SSSR count). The molecular weight excluding hydrogens is 162 g/mol. The van der Waals surface area contributed by atoms with Gasteiger partial charge >= 0.3 is 0 Å². The number of nitrogens with two attached hydrogens (primary N) is 1. The van der Waals surface area contributed by atoms with Gasteiger partial charge in [-0.3, -0.25) is 0 Å². The van der Waals surface area contributed by atoms with Crippen molar-refractivity contribution in [3.8, 4) is 0 Å². The van der Waals surface area contributed by atoms with Crippen LogP contribution < -0.4 is 5.73 Å². The van der Waals surface area contributed by atoms with Crippen LogP contribution >= 0.6 is 0 Å². The zero-order chi connectivity index (χ0) is 9.52. The van der Waals surface area contributed by atoms with E-state index in [1.54, 1.807) is 0 Å². The van der Waals surface area contributed by atoms with Crippen LogP contribution in [0.3, 0.4) is 0 Å². The van der Waals surface area contributed by atoms with Gasteiger partial charge in [0.1, 0.15) is 0 Å². The molecule has 0 amide bonds. The summed E-state index contributed by atoms with van der Waals surface area (Å²) in [4.78, 5) is 0. The quantitative estimate of drug-likeness (QED) is 0.539. The average molecular weight is 185 g/mol. The normalized spacial score (nSPS) is 30.0. The molecule has 0 bridgehead atoms. The Morgan fingerprint density at radius 2 is 2.08 bits per heavy atom. The third-order valence-electron chi connectivity index (χ3n) is 2.78. The molecule has 0 heterocycles. The lowest BCUT2D eigenvalue weighted by molar-refractivity contribution is 0.0929. The van der Waals surface area contributed by atoms with E-state index in [1.807, 2.05) is 0 Å². The Kier molecular flexibility index (Phi) is 5.40. The molecule has 0 aliphatic heterocycles. The molecule has 0 spiro atoms. The van der Waals surface area contributed by atoms with Gasteiger partial charge < -0.3 is 10.5 Å². The SMILES string of the molecule is CCCOCC1CCCCC(N)C1. The van der Waals surface area contributed by atoms with Crippen molar-refractivity contribution in [2.24, 2.45) is 11.7 Å². The zero-order valence-electron chi connectivity index (χ0n) is 8.80. The summed E-state index contributed by atoms with van der Waals surface area (Å²) in [5.74, 6) is 0.726. The van der Waals surface area contributed by atoms with E-state index in [2.05, 4.69) is 6.92 Å². The van der Waals surface area contributed by atoms with Gasteiger partial charge in [0.2, 0.25) is 0 Å². The van der Waals surface area contributed by atoms with Gasteiger partial charge in [0, 0.05) is 19.3 Å². The highest BCUT2D eigenvalue weighted by molar-refractivity contribution is 4.72. The van der Waals surface area contributed by atoms with Crippen LogP contribution in [0.1, 0.15) is 45.4 Å². The molecule has 1 aliphatic rings. The van der Waals surface area contributed by atoms with Crippen LogP contribution in [0.25, 0.3) is 0 Å². The van der Waals surface area contributed by atoms with Crippen LogP contribution in [0.4, 0.5) is 0 Å². The van der Waals surface area contributed by atoms with Gasteiger partial charge in [-0.15, -0.1) is 0 Å². The summed E-state index contributed by atoms with van der Waals surface area (Å²) in [5, 5.41) is 0. The maximum atomic E-state index is 5.97. The fourth-order valence-electron chi connectivity index (χ4n) is 2.05. The topological polar surface area (TPSA) is 35.2 Å². The van der Waals surface area contributed by atoms with Crippen molar-refractivity contribution in [1.29, 1.82) is 0 Å². The van der Waals surface area contributed by atoms with Gasteiger partial charge in [0.05, 0.1) is 0 Å². The van der Waals surface area contributed by atoms with Crippen LogP contribution in [-0.4, -0.2) is 19.3 Å². The first-order chi connectivity index (χ1) is 6.33. The second-order valence-corrected chi connectivity index (χ2v) is 4.22. The van der Waals surface area contributed by atoms with Crippen LogP contribution in [0.2, 0.25) is 0 Å². The number of hydrogen-bond donors (Lipinski definition) is 1. The average Bonchev–Trinajstić information content (AvgIpc) is 2.31. The van der Waals surface area contributed by atoms with Crippen molar-refractivity contribution in [1.82, 2.24) is 0 Å². The predicted molar refractivity (Wildman–Crippen MR) is 55.7 cm³/mol. The van der Waals surface area contributed by atoms with Gasteiger partial charge in [0.25, 0.3) is 0 Å². The Balaban J connectivity index is 2.15. The van der Waals surface area contributed by atoms with Gasteiger partial charge in [-0.05, 0) is 31.6 Å². The zero-order valence-corrected chi connectivity index (χ0v) is 8.80. The lowest BCUT2D eigenvalue weighted by atomic mass is 10.00. The van der Waals surface area contributed by atoms with E-state index in [1.165, 1.54) is 32.1 Å². The highest BCUT2D eigenvalue weighted by Gasteiger charge is 2.17. The minimum absolute atomic E-state index is 0.428. The minimum Gasteiger partial charge on any atom is -0.381 e. The third kappa shape index (κ3) is 4.63. The Morgan fingerprint density at radius 1 is 1.31 bits per heavy atom. The number of ether oxygens (including phenoxy) is 1. The Morgan fingerprint density at radius 3 is 2.85 bits per heavy atom. The first-order valence-electron chi connectivity index (χ1n) is 5.66. The molecule has 2 N–H and O–H groups in total. The maximum absolute atomic E-state index is 5.97. The van der Waals surface area contributed by atoms with Crippen LogP contribution in [0.5, 0.6) is 0 Å². The fourth-order valence-corrected chi connectivity index (χ4v) is 2.05. The van der Waals surface area contributed by atoms with Crippen molar-refractivity contribution < 1.29 is 4.74 Å². The van der Waals surface area contributed by atoms with E-state index < -0.39 is 0 Å². The maximum Gasteiger partial charge on any atom is 0.0494 e. The Bertz CT molecular complexity index is 127. The van der Waals surface area contributed by atoms with Gasteiger partial charge in [-0.2, -0.15) is 0 Å². The van der Waals surface area contributed by atoms with E-state index in [-0.39, 0.29) is 0 Å². The predicted octanol–water partition coefficient (Wildman–Crippen LogP) is 2.32. The van der Waals surface area contributed by atoms with Crippen LogP contribution in [0, 0.1) is 5.92 Å². The molecule has 2 nitrogen and oxygen atoms in total. The molecule has 1 fully saturated rings. The van der Waals surface area contributed by atoms with Crippen molar-refractivity contribution in [2.45, 2.75) is 51.5 Å². The molecule has 2 heteroatoms. The van der Waals surface area contributed by atoms with Gasteiger partial charge in [0.15, 0.2) is 0 Å². The molecule has 1 saturated carbocycles. The summed E-state index contributed by atoms with van der Waals surface area (Å²) in [6.45, 7) is 3.99. The lowest BCUT2D eigenvalue weighted by Crippen LogP contribution is -2.23. The minimum atomic E-state index is 0.428. The summed E-state index contributed by atoms with van der Waals surface area (Å²) in [5.41, 5.74) is 5.97. The van der Waals surface area contributed by atoms with E-state index in [4.69, 9.17) is 10.5 Å². The molecular formula is C11H23NO. The van der Waals surface area contributed by atoms with Gasteiger partial charge in [-0.1, -0.05) is 19.8 Å². The van der Waals surface area contributed by atoms with Crippen LogP contribution in [0.15, 0.2) is 0 Å². The molecule has 78 valence electrons. The number of hydrogen-bond acceptors (Lipinski definition) is 2. The lowest BCUT2D eigenvalue weighted by Gasteiger charge is -2.16. The standard InChI is InChI=1S/C11H23NO/c1-2-7-13-9-10-5-3-4-6-11(12)8-10/h10-11H,2-9,12H2,1H3. The first kappa shape index (κ1) is 11.0. The second kappa shape index (κ2) is 6.39. The molecule has 0 radical (unpaired) electrons. The molecule has 0 aromatic rings. The second-order valence-electron chi connectivity index (χ2n) is 4.22. The van der Waals surface area contributed by atoms with Crippen molar-refractivity contribution in [3.05, 3.63) is 0 Å². The molecule has 2 atom stereocenters. The number of rotatable bonds is 4. The summed E-state index contributed by atoms with van der Waals surface area (Å²) in [7, 11) is 0. The molecule has 0 aromatic heterocycles. The third-order valence-corrected chi connectivity index (χ3v) is 2.78. The Hall–Kier alpha value is -0.0800. The van der Waals surface area contributed by atoms with E-state index in [9.17, 15) is 0 Å². The smallest absolute Gasteiger partial charge is 0.0494 e.